The molecule has 43 heavy (non-hydrogen) atoms. The number of hydrogen-bond donors (Lipinski definition) is 4. The number of fused-ring (bicyclic) bond motifs is 3. The fraction of sp³-hybridized carbons (Fsp3) is 0.0909. The van der Waals surface area contributed by atoms with Crippen LogP contribution in [0.5, 0.6) is 0 Å². The Morgan fingerprint density at radius 2 is 0.977 bits per heavy atom. The number of benzene rings is 4. The topological polar surface area (TPSA) is 127 Å². The van der Waals surface area contributed by atoms with Gasteiger partial charge < -0.3 is 20.1 Å². The van der Waals surface area contributed by atoms with E-state index >= 15 is 0 Å². The van der Waals surface area contributed by atoms with Crippen molar-refractivity contribution in [2.75, 3.05) is 0 Å². The van der Waals surface area contributed by atoms with Crippen molar-refractivity contribution in [2.24, 2.45) is 0 Å². The summed E-state index contributed by atoms with van der Waals surface area (Å²) in [6.07, 6.45) is 2.68. The van der Waals surface area contributed by atoms with Crippen molar-refractivity contribution in [2.45, 2.75) is 19.6 Å². The quantitative estimate of drug-likeness (QED) is 0.117. The van der Waals surface area contributed by atoms with Crippen molar-refractivity contribution in [3.8, 4) is 0 Å². The van der Waals surface area contributed by atoms with E-state index in [1.54, 1.807) is 6.08 Å². The zero-order chi connectivity index (χ0) is 28.7. The van der Waals surface area contributed by atoms with E-state index in [1.165, 1.54) is 0 Å². The number of aliphatic carboxylic acids is 1. The normalized spacial score (nSPS) is 11.2. The molecule has 0 saturated carbocycles. The number of carbonyl (C=O) groups is 1. The first-order valence-corrected chi connectivity index (χ1v) is 13.6. The van der Waals surface area contributed by atoms with Crippen LogP contribution in [0.1, 0.15) is 23.0 Å². The number of aromatic amines is 3. The molecule has 0 aliphatic rings. The number of hydrogen-bond acceptors (Lipinski definition) is 5. The van der Waals surface area contributed by atoms with Crippen LogP contribution < -0.4 is 0 Å². The largest absolute Gasteiger partial charge is 2.00 e. The van der Waals surface area contributed by atoms with Gasteiger partial charge >= 0.3 is 25.4 Å². The predicted molar refractivity (Wildman–Crippen MR) is 164 cm³/mol. The van der Waals surface area contributed by atoms with Crippen molar-refractivity contribution in [1.29, 1.82) is 0 Å². The number of para-hydroxylation sites is 6. The summed E-state index contributed by atoms with van der Waals surface area (Å²) in [6, 6.07) is 33.6. The third kappa shape index (κ3) is 7.68. The van der Waals surface area contributed by atoms with Crippen molar-refractivity contribution >= 4 is 45.1 Å². The first kappa shape index (κ1) is 29.6. The molecule has 0 fully saturated rings. The van der Waals surface area contributed by atoms with Crippen molar-refractivity contribution in [1.82, 2.24) is 34.8 Å². The second-order valence-corrected chi connectivity index (χ2v) is 9.83. The van der Waals surface area contributed by atoms with Gasteiger partial charge in [0.05, 0.1) is 52.7 Å². The van der Waals surface area contributed by atoms with E-state index in [9.17, 15) is 4.79 Å². The van der Waals surface area contributed by atoms with Crippen molar-refractivity contribution in [3.63, 3.8) is 0 Å². The molecule has 0 unspecified atom stereocenters. The molecule has 10 heteroatoms. The van der Waals surface area contributed by atoms with Gasteiger partial charge in [0.1, 0.15) is 17.5 Å². The summed E-state index contributed by atoms with van der Waals surface area (Å²) in [5, 5.41) is 8.29. The van der Waals surface area contributed by atoms with Crippen LogP contribution >= 0.6 is 0 Å². The number of nitrogens with zero attached hydrogens (tertiary/aromatic N) is 4. The van der Waals surface area contributed by atoms with Gasteiger partial charge in [-0.15, -0.1) is 0 Å². The molecule has 0 saturated heterocycles. The minimum absolute atomic E-state index is 0. The molecular weight excluding hydrogens is 592 g/mol. The van der Waals surface area contributed by atoms with Crippen LogP contribution in [0.3, 0.4) is 0 Å². The zero-order valence-electron chi connectivity index (χ0n) is 23.4. The Bertz CT molecular complexity index is 1700. The maximum Gasteiger partial charge on any atom is 2.00 e. The molecule has 9 nitrogen and oxygen atoms in total. The van der Waals surface area contributed by atoms with E-state index < -0.39 is 5.97 Å². The van der Waals surface area contributed by atoms with Crippen molar-refractivity contribution < 1.29 is 29.4 Å². The third-order valence-electron chi connectivity index (χ3n) is 6.65. The van der Waals surface area contributed by atoms with Gasteiger partial charge in [0.2, 0.25) is 0 Å². The molecular formula is C33H29N7O2Zn+2. The van der Waals surface area contributed by atoms with Crippen LogP contribution in [-0.2, 0) is 43.9 Å². The SMILES string of the molecule is O=C(O)C=Cc1ccccc1.[Zn+2].c1ccc2[nH]c(CN(Cc3nc4ccccc4[nH]3)Cc3nc4ccccc4[nH]3)nc2c1. The number of carboxylic acids is 1. The number of rotatable bonds is 8. The molecule has 0 aliphatic heterocycles. The average molecular weight is 621 g/mol. The molecule has 0 spiro atoms. The van der Waals surface area contributed by atoms with Gasteiger partial charge in [0.25, 0.3) is 0 Å². The van der Waals surface area contributed by atoms with Crippen LogP contribution in [0.15, 0.2) is 109 Å². The van der Waals surface area contributed by atoms with Gasteiger partial charge in [-0.05, 0) is 48.0 Å². The number of imidazole rings is 3. The molecule has 4 N–H and O–H groups in total. The standard InChI is InChI=1S/C24H21N7.C9H8O2.Zn/c1-2-8-17-16(7-1)25-22(26-17)13-31(14-23-27-18-9-3-4-10-19(18)28-23)15-24-29-20-11-5-6-12-21(20)30-24;10-9(11)7-6-8-4-2-1-3-5-8;/h1-12H,13-15H2,(H,25,26)(H,27,28)(H,29,30);1-7H,(H,10,11);/q;;+2. The number of nitrogens with one attached hydrogen (secondary N) is 3. The second kappa shape index (κ2) is 13.8. The summed E-state index contributed by atoms with van der Waals surface area (Å²) in [5.74, 6) is 1.85. The van der Waals surface area contributed by atoms with Gasteiger partial charge in [-0.2, -0.15) is 0 Å². The molecule has 208 valence electrons. The minimum Gasteiger partial charge on any atom is -0.478 e. The van der Waals surface area contributed by atoms with E-state index in [4.69, 9.17) is 20.1 Å². The average Bonchev–Trinajstić information content (AvgIpc) is 3.72. The number of H-pyrrole nitrogens is 3. The maximum absolute atomic E-state index is 10.1. The summed E-state index contributed by atoms with van der Waals surface area (Å²) < 4.78 is 0. The van der Waals surface area contributed by atoms with Gasteiger partial charge in [-0.25, -0.2) is 19.7 Å². The summed E-state index contributed by atoms with van der Waals surface area (Å²) >= 11 is 0. The molecule has 4 aromatic carbocycles. The number of carboxylic acid groups (broad SMARTS) is 1. The maximum atomic E-state index is 10.1. The van der Waals surface area contributed by atoms with E-state index in [0.717, 1.165) is 62.2 Å². The summed E-state index contributed by atoms with van der Waals surface area (Å²) in [4.78, 5) is 37.0. The first-order chi connectivity index (χ1) is 20.6. The Morgan fingerprint density at radius 1 is 0.605 bits per heavy atom. The van der Waals surface area contributed by atoms with E-state index in [0.29, 0.717) is 19.6 Å². The Labute approximate surface area is 260 Å². The second-order valence-electron chi connectivity index (χ2n) is 9.83. The molecule has 3 heterocycles. The van der Waals surface area contributed by atoms with Gasteiger partial charge in [0, 0.05) is 6.08 Å². The predicted octanol–water partition coefficient (Wildman–Crippen LogP) is 6.30. The fourth-order valence-electron chi connectivity index (χ4n) is 4.78. The van der Waals surface area contributed by atoms with Crippen LogP contribution in [0.2, 0.25) is 0 Å². The van der Waals surface area contributed by atoms with E-state index in [2.05, 4.69) is 38.1 Å². The minimum atomic E-state index is -0.922. The smallest absolute Gasteiger partial charge is 0.478 e. The van der Waals surface area contributed by atoms with Gasteiger partial charge in [0.15, 0.2) is 0 Å². The molecule has 0 radical (unpaired) electrons. The third-order valence-corrected chi connectivity index (χ3v) is 6.65. The molecule has 7 rings (SSSR count). The molecule has 0 atom stereocenters. The monoisotopic (exact) mass is 619 g/mol. The first-order valence-electron chi connectivity index (χ1n) is 13.6. The zero-order valence-corrected chi connectivity index (χ0v) is 26.4. The Hall–Kier alpha value is -4.92. The van der Waals surface area contributed by atoms with Crippen LogP contribution in [0.4, 0.5) is 0 Å². The Kier molecular flexibility index (Phi) is 9.51. The summed E-state index contributed by atoms with van der Waals surface area (Å²) in [7, 11) is 0. The molecule has 3 aromatic heterocycles. The molecule has 0 bridgehead atoms. The number of aromatic nitrogens is 6. The molecule has 7 aromatic rings. The van der Waals surface area contributed by atoms with Gasteiger partial charge in [-0.1, -0.05) is 66.7 Å². The summed E-state index contributed by atoms with van der Waals surface area (Å²) in [6.45, 7) is 1.97. The van der Waals surface area contributed by atoms with Crippen LogP contribution in [0.25, 0.3) is 39.2 Å². The van der Waals surface area contributed by atoms with E-state index in [-0.39, 0.29) is 19.5 Å². The van der Waals surface area contributed by atoms with Crippen LogP contribution in [-0.4, -0.2) is 45.9 Å². The Morgan fingerprint density at radius 3 is 1.35 bits per heavy atom. The van der Waals surface area contributed by atoms with Crippen molar-refractivity contribution in [3.05, 3.63) is 132 Å². The van der Waals surface area contributed by atoms with Gasteiger partial charge in [-0.3, -0.25) is 4.90 Å². The Balaban J connectivity index is 0.000000262. The summed E-state index contributed by atoms with van der Waals surface area (Å²) in [5.41, 5.74) is 6.97. The van der Waals surface area contributed by atoms with Crippen LogP contribution in [0, 0.1) is 0 Å². The molecule has 0 amide bonds. The van der Waals surface area contributed by atoms with E-state index in [1.807, 2.05) is 84.9 Å². The molecule has 0 aliphatic carbocycles. The fourth-order valence-corrected chi connectivity index (χ4v) is 4.78.